The van der Waals surface area contributed by atoms with Crippen LogP contribution in [0, 0.1) is 0 Å². The zero-order valence-corrected chi connectivity index (χ0v) is 13.9. The van der Waals surface area contributed by atoms with E-state index in [1.165, 1.54) is 0 Å². The first-order valence-corrected chi connectivity index (χ1v) is 7.98. The molecule has 128 valence electrons. The van der Waals surface area contributed by atoms with Crippen LogP contribution in [0.2, 0.25) is 0 Å². The number of hydrogen-bond acceptors (Lipinski definition) is 3. The maximum absolute atomic E-state index is 12.4. The van der Waals surface area contributed by atoms with Gasteiger partial charge in [0.1, 0.15) is 5.75 Å². The maximum atomic E-state index is 12.4. The number of rotatable bonds is 6. The Morgan fingerprint density at radius 1 is 1.12 bits per heavy atom. The van der Waals surface area contributed by atoms with Crippen LogP contribution in [0.1, 0.15) is 11.6 Å². The largest absolute Gasteiger partial charge is 0.497 e. The summed E-state index contributed by atoms with van der Waals surface area (Å²) in [6.45, 7) is 0.549. The van der Waals surface area contributed by atoms with E-state index in [1.807, 2.05) is 42.6 Å². The van der Waals surface area contributed by atoms with Crippen molar-refractivity contribution in [3.63, 3.8) is 0 Å². The van der Waals surface area contributed by atoms with Crippen molar-refractivity contribution < 1.29 is 9.53 Å². The molecule has 6 nitrogen and oxygen atoms in total. The topological polar surface area (TPSA) is 68.2 Å². The Labute approximate surface area is 146 Å². The Bertz CT molecular complexity index is 786. The van der Waals surface area contributed by atoms with E-state index in [1.54, 1.807) is 42.3 Å². The number of benzene rings is 2. The molecule has 3 aromatic rings. The molecule has 0 aliphatic heterocycles. The Balaban J connectivity index is 1.69. The van der Waals surface area contributed by atoms with Gasteiger partial charge < -0.3 is 15.4 Å². The lowest BCUT2D eigenvalue weighted by Gasteiger charge is -2.20. The molecule has 25 heavy (non-hydrogen) atoms. The predicted molar refractivity (Wildman–Crippen MR) is 96.6 cm³/mol. The van der Waals surface area contributed by atoms with Gasteiger partial charge in [-0.05, 0) is 35.9 Å². The van der Waals surface area contributed by atoms with Gasteiger partial charge in [-0.15, -0.1) is 0 Å². The van der Waals surface area contributed by atoms with Gasteiger partial charge in [-0.3, -0.25) is 4.68 Å². The van der Waals surface area contributed by atoms with Gasteiger partial charge >= 0.3 is 6.03 Å². The van der Waals surface area contributed by atoms with Crippen LogP contribution in [0.4, 0.5) is 10.5 Å². The molecule has 0 aliphatic carbocycles. The summed E-state index contributed by atoms with van der Waals surface area (Å²) in [5.74, 6) is 0.742. The van der Waals surface area contributed by atoms with Gasteiger partial charge in [0.15, 0.2) is 0 Å². The van der Waals surface area contributed by atoms with Gasteiger partial charge in [-0.1, -0.05) is 30.3 Å². The van der Waals surface area contributed by atoms with Crippen LogP contribution in [-0.4, -0.2) is 22.9 Å². The van der Waals surface area contributed by atoms with E-state index < -0.39 is 0 Å². The Hall–Kier alpha value is -3.28. The van der Waals surface area contributed by atoms with Gasteiger partial charge in [0, 0.05) is 18.1 Å². The molecule has 1 unspecified atom stereocenters. The monoisotopic (exact) mass is 336 g/mol. The number of amides is 2. The van der Waals surface area contributed by atoms with Gasteiger partial charge in [0.25, 0.3) is 0 Å². The lowest BCUT2D eigenvalue weighted by Crippen LogP contribution is -2.34. The lowest BCUT2D eigenvalue weighted by atomic mass is 10.1. The third-order valence-electron chi connectivity index (χ3n) is 3.78. The Kier molecular flexibility index (Phi) is 5.31. The number of urea groups is 1. The summed E-state index contributed by atoms with van der Waals surface area (Å²) >= 11 is 0. The number of ether oxygens (including phenoxy) is 1. The third-order valence-corrected chi connectivity index (χ3v) is 3.78. The molecule has 2 aromatic carbocycles. The average molecular weight is 336 g/mol. The van der Waals surface area contributed by atoms with Crippen LogP contribution >= 0.6 is 0 Å². The van der Waals surface area contributed by atoms with Crippen LogP contribution in [0.3, 0.4) is 0 Å². The Morgan fingerprint density at radius 3 is 2.52 bits per heavy atom. The third kappa shape index (κ3) is 4.60. The van der Waals surface area contributed by atoms with E-state index in [4.69, 9.17) is 4.74 Å². The number of anilines is 1. The molecule has 0 fully saturated rings. The summed E-state index contributed by atoms with van der Waals surface area (Å²) in [5, 5.41) is 10.1. The van der Waals surface area contributed by atoms with Crippen molar-refractivity contribution in [2.45, 2.75) is 12.6 Å². The first-order valence-electron chi connectivity index (χ1n) is 7.98. The number of carbonyl (C=O) groups is 1. The number of carbonyl (C=O) groups excluding carboxylic acids is 1. The van der Waals surface area contributed by atoms with Gasteiger partial charge in [-0.25, -0.2) is 4.79 Å². The summed E-state index contributed by atoms with van der Waals surface area (Å²) in [4.78, 5) is 12.4. The van der Waals surface area contributed by atoms with Crippen molar-refractivity contribution in [1.29, 1.82) is 0 Å². The number of aromatic nitrogens is 2. The molecule has 3 rings (SSSR count). The zero-order chi connectivity index (χ0) is 17.5. The average Bonchev–Trinajstić information content (AvgIpc) is 3.16. The molecule has 1 aromatic heterocycles. The minimum atomic E-state index is -0.272. The quantitative estimate of drug-likeness (QED) is 0.724. The molecule has 0 bridgehead atoms. The molecule has 2 N–H and O–H groups in total. The lowest BCUT2D eigenvalue weighted by molar-refractivity contribution is 0.246. The van der Waals surface area contributed by atoms with E-state index in [-0.39, 0.29) is 12.1 Å². The highest BCUT2D eigenvalue weighted by atomic mass is 16.5. The molecule has 1 heterocycles. The van der Waals surface area contributed by atoms with Crippen LogP contribution in [0.15, 0.2) is 73.1 Å². The molecule has 6 heteroatoms. The molecule has 2 amide bonds. The van der Waals surface area contributed by atoms with Crippen molar-refractivity contribution in [2.24, 2.45) is 0 Å². The first kappa shape index (κ1) is 16.6. The summed E-state index contributed by atoms with van der Waals surface area (Å²) in [5.41, 5.74) is 1.71. The van der Waals surface area contributed by atoms with Crippen LogP contribution in [-0.2, 0) is 6.54 Å². The molecule has 0 saturated heterocycles. The minimum Gasteiger partial charge on any atom is -0.497 e. The molecular weight excluding hydrogens is 316 g/mol. The fourth-order valence-electron chi connectivity index (χ4n) is 2.52. The van der Waals surface area contributed by atoms with Crippen LogP contribution < -0.4 is 15.4 Å². The van der Waals surface area contributed by atoms with E-state index in [0.717, 1.165) is 11.3 Å². The van der Waals surface area contributed by atoms with E-state index >= 15 is 0 Å². The van der Waals surface area contributed by atoms with Crippen LogP contribution in [0.5, 0.6) is 5.75 Å². The maximum Gasteiger partial charge on any atom is 0.319 e. The standard InChI is InChI=1S/C19H20N4O2/c1-25-17-10-8-16(9-11-17)21-19(24)22-18(14-23-13-5-12-20-23)15-6-3-2-4-7-15/h2-13,18H,14H2,1H3,(H2,21,22,24). The van der Waals surface area contributed by atoms with Crippen LogP contribution in [0.25, 0.3) is 0 Å². The highest BCUT2D eigenvalue weighted by Gasteiger charge is 2.15. The number of nitrogens with one attached hydrogen (secondary N) is 2. The van der Waals surface area contributed by atoms with Crippen molar-refractivity contribution in [1.82, 2.24) is 15.1 Å². The van der Waals surface area contributed by atoms with Gasteiger partial charge in [0.05, 0.1) is 19.7 Å². The normalized spacial score (nSPS) is 11.6. The number of hydrogen-bond donors (Lipinski definition) is 2. The van der Waals surface area contributed by atoms with Gasteiger partial charge in [0.2, 0.25) is 0 Å². The van der Waals surface area contributed by atoms with Crippen molar-refractivity contribution in [2.75, 3.05) is 12.4 Å². The summed E-state index contributed by atoms with van der Waals surface area (Å²) in [7, 11) is 1.61. The molecule has 0 spiro atoms. The van der Waals surface area contributed by atoms with E-state index in [0.29, 0.717) is 12.2 Å². The highest BCUT2D eigenvalue weighted by molar-refractivity contribution is 5.89. The highest BCUT2D eigenvalue weighted by Crippen LogP contribution is 2.17. The van der Waals surface area contributed by atoms with E-state index in [2.05, 4.69) is 15.7 Å². The second-order valence-corrected chi connectivity index (χ2v) is 5.52. The van der Waals surface area contributed by atoms with Crippen molar-refractivity contribution >= 4 is 11.7 Å². The zero-order valence-electron chi connectivity index (χ0n) is 13.9. The predicted octanol–water partition coefficient (Wildman–Crippen LogP) is 3.45. The molecule has 0 radical (unpaired) electrons. The SMILES string of the molecule is COc1ccc(NC(=O)NC(Cn2cccn2)c2ccccc2)cc1. The van der Waals surface area contributed by atoms with Gasteiger partial charge in [-0.2, -0.15) is 5.10 Å². The second-order valence-electron chi connectivity index (χ2n) is 5.52. The molecule has 0 saturated carbocycles. The number of methoxy groups -OCH3 is 1. The fourth-order valence-corrected chi connectivity index (χ4v) is 2.52. The van der Waals surface area contributed by atoms with Crippen molar-refractivity contribution in [3.8, 4) is 5.75 Å². The number of nitrogens with zero attached hydrogens (tertiary/aromatic N) is 2. The fraction of sp³-hybridized carbons (Fsp3) is 0.158. The molecular formula is C19H20N4O2. The summed E-state index contributed by atoms with van der Waals surface area (Å²) in [6, 6.07) is 18.4. The second kappa shape index (κ2) is 8.01. The molecule has 1 atom stereocenters. The Morgan fingerprint density at radius 2 is 1.88 bits per heavy atom. The smallest absolute Gasteiger partial charge is 0.319 e. The molecule has 0 aliphatic rings. The minimum absolute atomic E-state index is 0.195. The summed E-state index contributed by atoms with van der Waals surface area (Å²) in [6.07, 6.45) is 3.60. The van der Waals surface area contributed by atoms with Crippen molar-refractivity contribution in [3.05, 3.63) is 78.6 Å². The summed E-state index contributed by atoms with van der Waals surface area (Å²) < 4.78 is 6.91. The van der Waals surface area contributed by atoms with E-state index in [9.17, 15) is 4.79 Å². The first-order chi connectivity index (χ1) is 12.2.